The molecule has 0 atom stereocenters. The molecule has 1 aromatic rings. The van der Waals surface area contributed by atoms with Crippen molar-refractivity contribution < 1.29 is 4.39 Å². The Kier molecular flexibility index (Phi) is 2.33. The molecule has 2 N–H and O–H groups in total. The molecule has 82 valence electrons. The lowest BCUT2D eigenvalue weighted by Crippen LogP contribution is -2.38. The van der Waals surface area contributed by atoms with Crippen molar-refractivity contribution in [2.45, 2.75) is 32.2 Å². The van der Waals surface area contributed by atoms with Gasteiger partial charge in [-0.3, -0.25) is 0 Å². The second-order valence-electron chi connectivity index (χ2n) is 4.77. The second kappa shape index (κ2) is 3.40. The van der Waals surface area contributed by atoms with Gasteiger partial charge in [-0.2, -0.15) is 0 Å². The first-order chi connectivity index (χ1) is 7.00. The molecule has 3 heteroatoms. The molecule has 0 amide bonds. The lowest BCUT2D eigenvalue weighted by Gasteiger charge is -2.34. The van der Waals surface area contributed by atoms with Gasteiger partial charge in [-0.05, 0) is 44.9 Å². The Balaban J connectivity index is 2.37. The molecule has 1 aliphatic rings. The van der Waals surface area contributed by atoms with Crippen molar-refractivity contribution >= 4 is 11.4 Å². The molecule has 2 rings (SSSR count). The average molecular weight is 208 g/mol. The van der Waals surface area contributed by atoms with Crippen LogP contribution >= 0.6 is 0 Å². The van der Waals surface area contributed by atoms with Crippen LogP contribution in [0.3, 0.4) is 0 Å². The van der Waals surface area contributed by atoms with Crippen LogP contribution < -0.4 is 10.6 Å². The lowest BCUT2D eigenvalue weighted by atomic mass is 10.0. The smallest absolute Gasteiger partial charge is 0.125 e. The monoisotopic (exact) mass is 208 g/mol. The molecular formula is C12H17FN2. The minimum Gasteiger partial charge on any atom is -0.397 e. The van der Waals surface area contributed by atoms with E-state index in [0.717, 1.165) is 18.7 Å². The van der Waals surface area contributed by atoms with Gasteiger partial charge in [0.2, 0.25) is 0 Å². The van der Waals surface area contributed by atoms with Gasteiger partial charge in [0.25, 0.3) is 0 Å². The first-order valence-electron chi connectivity index (χ1n) is 5.33. The highest BCUT2D eigenvalue weighted by Crippen LogP contribution is 2.36. The van der Waals surface area contributed by atoms with E-state index in [1.807, 2.05) is 0 Å². The molecule has 0 radical (unpaired) electrons. The molecule has 0 aliphatic carbocycles. The molecule has 1 aromatic carbocycles. The number of hydrogen-bond donors (Lipinski definition) is 1. The third-order valence-electron chi connectivity index (χ3n) is 3.18. The van der Waals surface area contributed by atoms with Crippen molar-refractivity contribution in [2.75, 3.05) is 17.2 Å². The van der Waals surface area contributed by atoms with Crippen LogP contribution in [-0.4, -0.2) is 12.1 Å². The molecule has 1 saturated heterocycles. The maximum Gasteiger partial charge on any atom is 0.125 e. The Morgan fingerprint density at radius 1 is 1.40 bits per heavy atom. The van der Waals surface area contributed by atoms with Crippen molar-refractivity contribution in [3.63, 3.8) is 0 Å². The summed E-state index contributed by atoms with van der Waals surface area (Å²) in [5.41, 5.74) is 7.46. The quantitative estimate of drug-likeness (QED) is 0.719. The number of nitrogens with two attached hydrogens (primary N) is 1. The van der Waals surface area contributed by atoms with Crippen molar-refractivity contribution in [1.82, 2.24) is 0 Å². The van der Waals surface area contributed by atoms with Crippen LogP contribution in [0.2, 0.25) is 0 Å². The Bertz CT molecular complexity index is 374. The van der Waals surface area contributed by atoms with E-state index in [9.17, 15) is 4.39 Å². The van der Waals surface area contributed by atoms with Gasteiger partial charge in [0.1, 0.15) is 5.82 Å². The van der Waals surface area contributed by atoms with Crippen molar-refractivity contribution in [1.29, 1.82) is 0 Å². The Morgan fingerprint density at radius 3 is 2.67 bits per heavy atom. The second-order valence-corrected chi connectivity index (χ2v) is 4.77. The zero-order valence-corrected chi connectivity index (χ0v) is 9.26. The Labute approximate surface area is 89.9 Å². The third kappa shape index (κ3) is 1.78. The predicted octanol–water partition coefficient (Wildman–Crippen LogP) is 2.79. The summed E-state index contributed by atoms with van der Waals surface area (Å²) in [6.07, 6.45) is 2.33. The van der Waals surface area contributed by atoms with Crippen molar-refractivity contribution in [2.24, 2.45) is 0 Å². The van der Waals surface area contributed by atoms with Crippen LogP contribution in [0.5, 0.6) is 0 Å². The molecule has 15 heavy (non-hydrogen) atoms. The van der Waals surface area contributed by atoms with Gasteiger partial charge in [-0.15, -0.1) is 0 Å². The summed E-state index contributed by atoms with van der Waals surface area (Å²) in [5, 5.41) is 0. The van der Waals surface area contributed by atoms with Gasteiger partial charge in [-0.1, -0.05) is 0 Å². The van der Waals surface area contributed by atoms with Gasteiger partial charge in [-0.25, -0.2) is 4.39 Å². The average Bonchev–Trinajstić information content (AvgIpc) is 2.46. The summed E-state index contributed by atoms with van der Waals surface area (Å²) in [4.78, 5) is 2.27. The molecule has 1 heterocycles. The van der Waals surface area contributed by atoms with Gasteiger partial charge in [0.05, 0.1) is 11.4 Å². The summed E-state index contributed by atoms with van der Waals surface area (Å²) >= 11 is 0. The summed E-state index contributed by atoms with van der Waals surface area (Å²) in [5.74, 6) is -0.270. The summed E-state index contributed by atoms with van der Waals surface area (Å²) in [7, 11) is 0. The minimum absolute atomic E-state index is 0.131. The van der Waals surface area contributed by atoms with Gasteiger partial charge >= 0.3 is 0 Å². The highest BCUT2D eigenvalue weighted by atomic mass is 19.1. The predicted molar refractivity (Wildman–Crippen MR) is 61.5 cm³/mol. The van der Waals surface area contributed by atoms with Crippen LogP contribution in [-0.2, 0) is 0 Å². The minimum atomic E-state index is -0.270. The maximum atomic E-state index is 12.9. The van der Waals surface area contributed by atoms with Crippen LogP contribution in [0, 0.1) is 5.82 Å². The molecule has 1 aliphatic heterocycles. The van der Waals surface area contributed by atoms with Crippen molar-refractivity contribution in [3.05, 3.63) is 24.0 Å². The van der Waals surface area contributed by atoms with E-state index in [1.165, 1.54) is 18.6 Å². The van der Waals surface area contributed by atoms with E-state index >= 15 is 0 Å². The SMILES string of the molecule is CC1(C)CCCN1c1ccc(F)cc1N. The first-order valence-corrected chi connectivity index (χ1v) is 5.33. The fourth-order valence-corrected chi connectivity index (χ4v) is 2.33. The van der Waals surface area contributed by atoms with E-state index in [2.05, 4.69) is 18.7 Å². The van der Waals surface area contributed by atoms with Crippen LogP contribution in [0.1, 0.15) is 26.7 Å². The zero-order valence-electron chi connectivity index (χ0n) is 9.26. The highest BCUT2D eigenvalue weighted by molar-refractivity contribution is 5.69. The fourth-order valence-electron chi connectivity index (χ4n) is 2.33. The zero-order chi connectivity index (χ0) is 11.1. The van der Waals surface area contributed by atoms with E-state index < -0.39 is 0 Å². The lowest BCUT2D eigenvalue weighted by molar-refractivity contribution is 0.518. The number of hydrogen-bond acceptors (Lipinski definition) is 2. The fraction of sp³-hybridized carbons (Fsp3) is 0.500. The summed E-state index contributed by atoms with van der Waals surface area (Å²) in [6, 6.07) is 4.64. The molecule has 2 nitrogen and oxygen atoms in total. The van der Waals surface area contributed by atoms with Gasteiger partial charge in [0.15, 0.2) is 0 Å². The summed E-state index contributed by atoms with van der Waals surface area (Å²) < 4.78 is 12.9. The molecular weight excluding hydrogens is 191 g/mol. The van der Waals surface area contributed by atoms with E-state index in [-0.39, 0.29) is 11.4 Å². The van der Waals surface area contributed by atoms with Crippen molar-refractivity contribution in [3.8, 4) is 0 Å². The first kappa shape index (κ1) is 10.3. The summed E-state index contributed by atoms with van der Waals surface area (Å²) in [6.45, 7) is 5.40. The van der Waals surface area contributed by atoms with Gasteiger partial charge < -0.3 is 10.6 Å². The molecule has 1 fully saturated rings. The van der Waals surface area contributed by atoms with Gasteiger partial charge in [0, 0.05) is 12.1 Å². The molecule has 0 bridgehead atoms. The number of rotatable bonds is 1. The van der Waals surface area contributed by atoms with Crippen LogP contribution in [0.25, 0.3) is 0 Å². The standard InChI is InChI=1S/C12H17FN2/c1-12(2)6-3-7-15(12)11-5-4-9(13)8-10(11)14/h4-5,8H,3,6-7,14H2,1-2H3. The largest absolute Gasteiger partial charge is 0.397 e. The topological polar surface area (TPSA) is 29.3 Å². The van der Waals surface area contributed by atoms with Crippen LogP contribution in [0.4, 0.5) is 15.8 Å². The normalized spacial score (nSPS) is 19.5. The highest BCUT2D eigenvalue weighted by Gasteiger charge is 2.32. The number of benzene rings is 1. The maximum absolute atomic E-state index is 12.9. The number of nitrogen functional groups attached to an aromatic ring is 1. The van der Waals surface area contributed by atoms with E-state index in [1.54, 1.807) is 6.07 Å². The molecule has 0 spiro atoms. The number of nitrogens with zero attached hydrogens (tertiary/aromatic N) is 1. The Hall–Kier alpha value is -1.25. The Morgan fingerprint density at radius 2 is 2.13 bits per heavy atom. The third-order valence-corrected chi connectivity index (χ3v) is 3.18. The molecule has 0 saturated carbocycles. The van der Waals surface area contributed by atoms with E-state index in [0.29, 0.717) is 5.69 Å². The molecule has 0 aromatic heterocycles. The number of anilines is 2. The number of halogens is 1. The van der Waals surface area contributed by atoms with Crippen LogP contribution in [0.15, 0.2) is 18.2 Å². The molecule has 0 unspecified atom stereocenters. The van der Waals surface area contributed by atoms with E-state index in [4.69, 9.17) is 5.73 Å².